The van der Waals surface area contributed by atoms with Gasteiger partial charge in [-0.3, -0.25) is 9.52 Å². The minimum atomic E-state index is -0.0119. The first-order chi connectivity index (χ1) is 5.76. The monoisotopic (exact) mass is 210 g/mol. The van der Waals surface area contributed by atoms with Crippen molar-refractivity contribution >= 4 is 30.3 Å². The Bertz CT molecular complexity index is 135. The Morgan fingerprint density at radius 1 is 1.58 bits per heavy atom. The van der Waals surface area contributed by atoms with E-state index in [0.29, 0.717) is 13.1 Å². The van der Waals surface area contributed by atoms with Crippen LogP contribution in [0.15, 0.2) is 0 Å². The lowest BCUT2D eigenvalue weighted by Crippen LogP contribution is -2.36. The summed E-state index contributed by atoms with van der Waals surface area (Å²) in [5, 5.41) is 0. The summed E-state index contributed by atoms with van der Waals surface area (Å²) in [4.78, 5) is 12.9. The lowest BCUT2D eigenvalue weighted by molar-refractivity contribution is -0.128. The van der Waals surface area contributed by atoms with Crippen molar-refractivity contribution in [2.45, 2.75) is 13.3 Å². The van der Waals surface area contributed by atoms with Crippen molar-refractivity contribution in [2.75, 3.05) is 25.5 Å². The summed E-state index contributed by atoms with van der Waals surface area (Å²) in [5.41, 5.74) is 0. The van der Waals surface area contributed by atoms with Crippen LogP contribution in [-0.4, -0.2) is 36.3 Å². The number of rotatable bonds is 6. The van der Waals surface area contributed by atoms with Crippen molar-refractivity contribution in [3.05, 3.63) is 0 Å². The molecule has 0 heterocycles. The minimum absolute atomic E-state index is 0.0119. The van der Waals surface area contributed by atoms with Crippen molar-refractivity contribution in [1.29, 1.82) is 0 Å². The van der Waals surface area contributed by atoms with E-state index in [9.17, 15) is 4.79 Å². The molecule has 0 aliphatic rings. The molecule has 0 aromatic heterocycles. The molecule has 0 rings (SSSR count). The van der Waals surface area contributed by atoms with Gasteiger partial charge in [0.05, 0.1) is 0 Å². The van der Waals surface area contributed by atoms with E-state index in [0.717, 1.165) is 13.0 Å². The van der Waals surface area contributed by atoms with E-state index in [1.807, 2.05) is 6.92 Å². The number of nitrogens with one attached hydrogen (secondary N) is 1. The van der Waals surface area contributed by atoms with E-state index in [-0.39, 0.29) is 11.8 Å². The average molecular weight is 211 g/mol. The van der Waals surface area contributed by atoms with Crippen LogP contribution in [0.4, 0.5) is 0 Å². The number of halogens is 1. The van der Waals surface area contributed by atoms with Crippen molar-refractivity contribution in [1.82, 2.24) is 9.62 Å². The number of alkyl halides is 1. The fourth-order valence-corrected chi connectivity index (χ4v) is 1.17. The van der Waals surface area contributed by atoms with Crippen molar-refractivity contribution in [3.8, 4) is 0 Å². The molecule has 0 unspecified atom stereocenters. The number of amides is 1. The quantitative estimate of drug-likeness (QED) is 0.505. The maximum atomic E-state index is 11.1. The predicted octanol–water partition coefficient (Wildman–Crippen LogP) is 0.898. The third kappa shape index (κ3) is 4.85. The molecule has 3 nitrogen and oxygen atoms in total. The van der Waals surface area contributed by atoms with Gasteiger partial charge in [-0.15, -0.1) is 11.6 Å². The van der Waals surface area contributed by atoms with Gasteiger partial charge >= 0.3 is 0 Å². The van der Waals surface area contributed by atoms with Crippen LogP contribution < -0.4 is 4.72 Å². The molecule has 0 atom stereocenters. The predicted molar refractivity (Wildman–Crippen MR) is 54.6 cm³/mol. The first kappa shape index (κ1) is 12.1. The highest BCUT2D eigenvalue weighted by molar-refractivity contribution is 7.78. The second-order valence-corrected chi connectivity index (χ2v) is 3.01. The molecule has 0 fully saturated rings. The van der Waals surface area contributed by atoms with Gasteiger partial charge in [0.2, 0.25) is 5.91 Å². The van der Waals surface area contributed by atoms with Crippen LogP contribution in [0.5, 0.6) is 0 Å². The summed E-state index contributed by atoms with van der Waals surface area (Å²) in [6.45, 7) is 4.15. The van der Waals surface area contributed by atoms with Crippen LogP contribution >= 0.6 is 24.4 Å². The minimum Gasteiger partial charge on any atom is -0.340 e. The highest BCUT2D eigenvalue weighted by atomic mass is 35.5. The number of nitrogens with zero attached hydrogens (tertiary/aromatic N) is 1. The second kappa shape index (κ2) is 7.71. The van der Waals surface area contributed by atoms with Crippen LogP contribution in [0.1, 0.15) is 13.3 Å². The SMILES string of the molecule is CCCN(CCNS)C(=O)CCl. The molecule has 0 spiro atoms. The molecule has 1 amide bonds. The Labute approximate surface area is 84.0 Å². The van der Waals surface area contributed by atoms with Gasteiger partial charge in [-0.1, -0.05) is 19.7 Å². The van der Waals surface area contributed by atoms with E-state index < -0.39 is 0 Å². The average Bonchev–Trinajstić information content (AvgIpc) is 2.11. The molecule has 0 radical (unpaired) electrons. The van der Waals surface area contributed by atoms with Crippen molar-refractivity contribution in [3.63, 3.8) is 0 Å². The van der Waals surface area contributed by atoms with Crippen molar-refractivity contribution < 1.29 is 4.79 Å². The Hall–Kier alpha value is 0.0700. The molecule has 0 aliphatic carbocycles. The lowest BCUT2D eigenvalue weighted by atomic mass is 10.4. The zero-order valence-electron chi connectivity index (χ0n) is 7.22. The molecular weight excluding hydrogens is 196 g/mol. The topological polar surface area (TPSA) is 32.3 Å². The Morgan fingerprint density at radius 3 is 2.67 bits per heavy atom. The van der Waals surface area contributed by atoms with Gasteiger partial charge in [0.1, 0.15) is 5.88 Å². The van der Waals surface area contributed by atoms with Crippen LogP contribution in [0.3, 0.4) is 0 Å². The summed E-state index contributed by atoms with van der Waals surface area (Å²) in [6, 6.07) is 0. The third-order valence-electron chi connectivity index (χ3n) is 1.45. The Kier molecular flexibility index (Phi) is 7.75. The maximum Gasteiger partial charge on any atom is 0.237 e. The highest BCUT2D eigenvalue weighted by Crippen LogP contribution is 1.94. The summed E-state index contributed by atoms with van der Waals surface area (Å²) < 4.78 is 2.69. The fraction of sp³-hybridized carbons (Fsp3) is 0.857. The third-order valence-corrected chi connectivity index (χ3v) is 1.91. The maximum absolute atomic E-state index is 11.1. The summed E-state index contributed by atoms with van der Waals surface area (Å²) in [6.07, 6.45) is 0.954. The van der Waals surface area contributed by atoms with E-state index in [1.54, 1.807) is 4.90 Å². The molecule has 0 aliphatic heterocycles. The van der Waals surface area contributed by atoms with Crippen LogP contribution in [-0.2, 0) is 4.79 Å². The molecule has 0 aromatic carbocycles. The number of hydrogen-bond donors (Lipinski definition) is 2. The molecule has 72 valence electrons. The van der Waals surface area contributed by atoms with Crippen LogP contribution in [0, 0.1) is 0 Å². The van der Waals surface area contributed by atoms with Gasteiger partial charge in [0.25, 0.3) is 0 Å². The molecule has 12 heavy (non-hydrogen) atoms. The molecule has 0 aromatic rings. The van der Waals surface area contributed by atoms with E-state index in [2.05, 4.69) is 17.5 Å². The molecule has 1 N–H and O–H groups in total. The van der Waals surface area contributed by atoms with Gasteiger partial charge in [-0.2, -0.15) is 0 Å². The van der Waals surface area contributed by atoms with Gasteiger partial charge in [-0.05, 0) is 6.42 Å². The smallest absolute Gasteiger partial charge is 0.237 e. The number of carbonyl (C=O) groups excluding carboxylic acids is 1. The number of carbonyl (C=O) groups is 1. The standard InChI is InChI=1S/C7H15ClN2OS/c1-2-4-10(5-3-9-12)7(11)6-8/h9,12H,2-6H2,1H3. The van der Waals surface area contributed by atoms with Crippen molar-refractivity contribution in [2.24, 2.45) is 0 Å². The van der Waals surface area contributed by atoms with Crippen LogP contribution in [0.2, 0.25) is 0 Å². The molecule has 5 heteroatoms. The van der Waals surface area contributed by atoms with Gasteiger partial charge in [0, 0.05) is 19.6 Å². The molecule has 0 saturated carbocycles. The Balaban J connectivity index is 3.76. The first-order valence-corrected chi connectivity index (χ1v) is 4.95. The first-order valence-electron chi connectivity index (χ1n) is 3.97. The van der Waals surface area contributed by atoms with Gasteiger partial charge < -0.3 is 4.90 Å². The summed E-state index contributed by atoms with van der Waals surface area (Å²) in [5.74, 6) is 0.0501. The van der Waals surface area contributed by atoms with E-state index >= 15 is 0 Å². The molecular formula is C7H15ClN2OS. The number of hydrogen-bond acceptors (Lipinski definition) is 3. The zero-order valence-corrected chi connectivity index (χ0v) is 8.87. The second-order valence-electron chi connectivity index (χ2n) is 2.42. The largest absolute Gasteiger partial charge is 0.340 e. The van der Waals surface area contributed by atoms with Crippen LogP contribution in [0.25, 0.3) is 0 Å². The molecule has 0 bridgehead atoms. The van der Waals surface area contributed by atoms with Gasteiger partial charge in [-0.25, -0.2) is 0 Å². The summed E-state index contributed by atoms with van der Waals surface area (Å²) in [7, 11) is 0. The van der Waals surface area contributed by atoms with Gasteiger partial charge in [0.15, 0.2) is 0 Å². The number of thiol groups is 1. The normalized spacial score (nSPS) is 9.92. The fourth-order valence-electron chi connectivity index (χ4n) is 0.901. The van der Waals surface area contributed by atoms with E-state index in [4.69, 9.17) is 11.6 Å². The zero-order chi connectivity index (χ0) is 9.40. The van der Waals surface area contributed by atoms with E-state index in [1.165, 1.54) is 0 Å². The summed E-state index contributed by atoms with van der Waals surface area (Å²) >= 11 is 9.27. The highest BCUT2D eigenvalue weighted by Gasteiger charge is 2.09. The lowest BCUT2D eigenvalue weighted by Gasteiger charge is -2.20. The molecule has 0 saturated heterocycles. The Morgan fingerprint density at radius 2 is 2.25 bits per heavy atom.